The lowest BCUT2D eigenvalue weighted by atomic mass is 9.92. The molecule has 0 aromatic carbocycles. The van der Waals surface area contributed by atoms with E-state index in [9.17, 15) is 4.79 Å². The first-order valence-electron chi connectivity index (χ1n) is 7.30. The maximum Gasteiger partial charge on any atom is 0.236 e. The van der Waals surface area contributed by atoms with Crippen LogP contribution in [0.4, 0.5) is 0 Å². The first-order valence-corrected chi connectivity index (χ1v) is 7.30. The minimum atomic E-state index is 0.255. The number of likely N-dealkylation sites (tertiary alicyclic amines) is 2. The molecule has 2 heterocycles. The number of rotatable bonds is 2. The highest BCUT2D eigenvalue weighted by Crippen LogP contribution is 2.21. The second-order valence-electron chi connectivity index (χ2n) is 6.38. The molecule has 0 aliphatic carbocycles. The van der Waals surface area contributed by atoms with Crippen molar-refractivity contribution in [1.82, 2.24) is 9.80 Å². The molecule has 3 unspecified atom stereocenters. The van der Waals surface area contributed by atoms with E-state index in [0.717, 1.165) is 39.0 Å². The largest absolute Gasteiger partial charge is 0.341 e. The van der Waals surface area contributed by atoms with E-state index >= 15 is 0 Å². The Morgan fingerprint density at radius 1 is 1.22 bits per heavy atom. The minimum Gasteiger partial charge on any atom is -0.341 e. The molecule has 0 radical (unpaired) electrons. The number of nitrogens with zero attached hydrogens (tertiary/aromatic N) is 2. The molecule has 0 spiro atoms. The van der Waals surface area contributed by atoms with Gasteiger partial charge in [-0.05, 0) is 37.6 Å². The number of nitrogens with two attached hydrogens (primary N) is 1. The van der Waals surface area contributed by atoms with Gasteiger partial charge in [-0.2, -0.15) is 0 Å². The maximum atomic E-state index is 12.3. The fourth-order valence-electron chi connectivity index (χ4n) is 3.39. The number of piperidine rings is 2. The summed E-state index contributed by atoms with van der Waals surface area (Å²) in [5.74, 6) is 1.57. The van der Waals surface area contributed by atoms with Gasteiger partial charge in [0.1, 0.15) is 0 Å². The Morgan fingerprint density at radius 3 is 2.50 bits per heavy atom. The average Bonchev–Trinajstić information content (AvgIpc) is 2.27. The van der Waals surface area contributed by atoms with Crippen LogP contribution in [0.3, 0.4) is 0 Å². The molecule has 18 heavy (non-hydrogen) atoms. The molecule has 2 fully saturated rings. The van der Waals surface area contributed by atoms with E-state index < -0.39 is 0 Å². The third-order valence-corrected chi connectivity index (χ3v) is 4.12. The molecule has 2 rings (SSSR count). The van der Waals surface area contributed by atoms with E-state index in [1.807, 2.05) is 0 Å². The summed E-state index contributed by atoms with van der Waals surface area (Å²) in [5, 5.41) is 0. The van der Waals surface area contributed by atoms with Crippen LogP contribution in [0.1, 0.15) is 33.1 Å². The zero-order chi connectivity index (χ0) is 13.1. The van der Waals surface area contributed by atoms with E-state index in [1.54, 1.807) is 0 Å². The summed E-state index contributed by atoms with van der Waals surface area (Å²) in [7, 11) is 0. The molecule has 2 N–H and O–H groups in total. The second-order valence-corrected chi connectivity index (χ2v) is 6.38. The Bertz CT molecular complexity index is 285. The Morgan fingerprint density at radius 2 is 1.89 bits per heavy atom. The molecule has 0 aromatic heterocycles. The number of carbonyl (C=O) groups excluding carboxylic acids is 1. The van der Waals surface area contributed by atoms with Crippen LogP contribution in [0.25, 0.3) is 0 Å². The van der Waals surface area contributed by atoms with Crippen LogP contribution in [-0.4, -0.2) is 54.5 Å². The minimum absolute atomic E-state index is 0.255. The Labute approximate surface area is 110 Å². The molecule has 0 aromatic rings. The van der Waals surface area contributed by atoms with Crippen LogP contribution in [0.15, 0.2) is 0 Å². The standard InChI is InChI=1S/C14H27N3O/c1-11-6-12(2)8-17(7-11)14(18)10-16-5-3-4-13(15)9-16/h11-13H,3-10,15H2,1-2H3. The smallest absolute Gasteiger partial charge is 0.236 e. The Hall–Kier alpha value is -0.610. The van der Waals surface area contributed by atoms with Gasteiger partial charge in [-0.3, -0.25) is 9.69 Å². The van der Waals surface area contributed by atoms with E-state index in [4.69, 9.17) is 5.73 Å². The van der Waals surface area contributed by atoms with E-state index in [-0.39, 0.29) is 6.04 Å². The van der Waals surface area contributed by atoms with Crippen molar-refractivity contribution in [2.24, 2.45) is 17.6 Å². The van der Waals surface area contributed by atoms with Crippen LogP contribution >= 0.6 is 0 Å². The van der Waals surface area contributed by atoms with E-state index in [1.165, 1.54) is 6.42 Å². The van der Waals surface area contributed by atoms with Gasteiger partial charge in [-0.15, -0.1) is 0 Å². The highest BCUT2D eigenvalue weighted by molar-refractivity contribution is 5.78. The van der Waals surface area contributed by atoms with Crippen LogP contribution in [0, 0.1) is 11.8 Å². The molecular weight excluding hydrogens is 226 g/mol. The van der Waals surface area contributed by atoms with Crippen molar-refractivity contribution < 1.29 is 4.79 Å². The van der Waals surface area contributed by atoms with Gasteiger partial charge < -0.3 is 10.6 Å². The first-order chi connectivity index (χ1) is 8.54. The summed E-state index contributed by atoms with van der Waals surface area (Å²) in [6.45, 7) is 8.82. The molecule has 2 aliphatic heterocycles. The van der Waals surface area contributed by atoms with Gasteiger partial charge in [-0.1, -0.05) is 13.8 Å². The van der Waals surface area contributed by atoms with E-state index in [2.05, 4.69) is 23.6 Å². The van der Waals surface area contributed by atoms with Gasteiger partial charge in [0, 0.05) is 25.7 Å². The normalized spacial score (nSPS) is 34.6. The predicted octanol–water partition coefficient (Wildman–Crippen LogP) is 0.914. The summed E-state index contributed by atoms with van der Waals surface area (Å²) < 4.78 is 0. The lowest BCUT2D eigenvalue weighted by Crippen LogP contribution is -2.50. The zero-order valence-corrected chi connectivity index (χ0v) is 11.8. The molecule has 0 saturated carbocycles. The van der Waals surface area contributed by atoms with Crippen molar-refractivity contribution in [1.29, 1.82) is 0 Å². The zero-order valence-electron chi connectivity index (χ0n) is 11.8. The third-order valence-electron chi connectivity index (χ3n) is 4.12. The van der Waals surface area contributed by atoms with Crippen LogP contribution < -0.4 is 5.73 Å². The van der Waals surface area contributed by atoms with E-state index in [0.29, 0.717) is 24.3 Å². The van der Waals surface area contributed by atoms with Crippen LogP contribution in [0.2, 0.25) is 0 Å². The maximum absolute atomic E-state index is 12.3. The van der Waals surface area contributed by atoms with Gasteiger partial charge in [0.2, 0.25) is 5.91 Å². The number of hydrogen-bond donors (Lipinski definition) is 1. The highest BCUT2D eigenvalue weighted by atomic mass is 16.2. The van der Waals surface area contributed by atoms with Gasteiger partial charge in [0.05, 0.1) is 6.54 Å². The van der Waals surface area contributed by atoms with Crippen LogP contribution in [-0.2, 0) is 4.79 Å². The third kappa shape index (κ3) is 3.69. The Balaban J connectivity index is 1.83. The molecule has 3 atom stereocenters. The molecule has 1 amide bonds. The second kappa shape index (κ2) is 6.02. The monoisotopic (exact) mass is 253 g/mol. The Kier molecular flexibility index (Phi) is 4.62. The lowest BCUT2D eigenvalue weighted by Gasteiger charge is -2.37. The summed E-state index contributed by atoms with van der Waals surface area (Å²) in [5.41, 5.74) is 5.96. The van der Waals surface area contributed by atoms with Crippen molar-refractivity contribution >= 4 is 5.91 Å². The van der Waals surface area contributed by atoms with Crippen molar-refractivity contribution in [2.75, 3.05) is 32.7 Å². The number of carbonyl (C=O) groups is 1. The molecular formula is C14H27N3O. The number of amides is 1. The van der Waals surface area contributed by atoms with Gasteiger partial charge in [0.15, 0.2) is 0 Å². The summed E-state index contributed by atoms with van der Waals surface area (Å²) in [6.07, 6.45) is 3.47. The fourth-order valence-corrected chi connectivity index (χ4v) is 3.39. The van der Waals surface area contributed by atoms with Crippen LogP contribution in [0.5, 0.6) is 0 Å². The molecule has 2 saturated heterocycles. The SMILES string of the molecule is CC1CC(C)CN(C(=O)CN2CCCC(N)C2)C1. The summed E-state index contributed by atoms with van der Waals surface area (Å²) in [6, 6.07) is 0.255. The summed E-state index contributed by atoms with van der Waals surface area (Å²) in [4.78, 5) is 16.6. The van der Waals surface area contributed by atoms with Gasteiger partial charge in [0.25, 0.3) is 0 Å². The van der Waals surface area contributed by atoms with Crippen molar-refractivity contribution in [2.45, 2.75) is 39.2 Å². The fraction of sp³-hybridized carbons (Fsp3) is 0.929. The molecule has 2 aliphatic rings. The van der Waals surface area contributed by atoms with Crippen molar-refractivity contribution in [3.8, 4) is 0 Å². The summed E-state index contributed by atoms with van der Waals surface area (Å²) >= 11 is 0. The molecule has 4 nitrogen and oxygen atoms in total. The molecule has 104 valence electrons. The first kappa shape index (κ1) is 13.8. The topological polar surface area (TPSA) is 49.6 Å². The average molecular weight is 253 g/mol. The quantitative estimate of drug-likeness (QED) is 0.796. The molecule has 4 heteroatoms. The van der Waals surface area contributed by atoms with Gasteiger partial charge >= 0.3 is 0 Å². The van der Waals surface area contributed by atoms with Crippen molar-refractivity contribution in [3.63, 3.8) is 0 Å². The number of hydrogen-bond acceptors (Lipinski definition) is 3. The highest BCUT2D eigenvalue weighted by Gasteiger charge is 2.27. The van der Waals surface area contributed by atoms with Gasteiger partial charge in [-0.25, -0.2) is 0 Å². The lowest BCUT2D eigenvalue weighted by molar-refractivity contribution is -0.135. The van der Waals surface area contributed by atoms with Crippen molar-refractivity contribution in [3.05, 3.63) is 0 Å². The predicted molar refractivity (Wildman–Crippen MR) is 73.2 cm³/mol. The molecule has 0 bridgehead atoms.